The zero-order valence-corrected chi connectivity index (χ0v) is 11.8. The van der Waals surface area contributed by atoms with E-state index in [-0.39, 0.29) is 12.5 Å². The van der Waals surface area contributed by atoms with Crippen LogP contribution in [0.15, 0.2) is 48.8 Å². The van der Waals surface area contributed by atoms with Crippen LogP contribution in [0.4, 0.5) is 5.69 Å². The maximum absolute atomic E-state index is 12.2. The first kappa shape index (κ1) is 13.4. The molecule has 5 heteroatoms. The normalized spacial score (nSPS) is 14.9. The molecule has 0 atom stereocenters. The molecule has 3 rings (SSSR count). The number of amides is 1. The second-order valence-corrected chi connectivity index (χ2v) is 5.16. The SMILES string of the molecule is Nc1cnn(CC(=O)N2CC=C(c3ccccc3)CC2)c1. The largest absolute Gasteiger partial charge is 0.396 e. The summed E-state index contributed by atoms with van der Waals surface area (Å²) in [6, 6.07) is 10.3. The van der Waals surface area contributed by atoms with Gasteiger partial charge in [-0.1, -0.05) is 36.4 Å². The van der Waals surface area contributed by atoms with E-state index >= 15 is 0 Å². The summed E-state index contributed by atoms with van der Waals surface area (Å²) in [5.41, 5.74) is 8.72. The van der Waals surface area contributed by atoms with Crippen molar-refractivity contribution in [3.8, 4) is 0 Å². The van der Waals surface area contributed by atoms with Crippen molar-refractivity contribution in [3.63, 3.8) is 0 Å². The Morgan fingerprint density at radius 3 is 2.71 bits per heavy atom. The molecular weight excluding hydrogens is 264 g/mol. The standard InChI is InChI=1S/C16H18N4O/c17-15-10-18-20(11-15)12-16(21)19-8-6-14(7-9-19)13-4-2-1-3-5-13/h1-6,10-11H,7-9,12,17H2. The number of nitrogen functional groups attached to an aromatic ring is 1. The first-order valence-electron chi connectivity index (χ1n) is 7.02. The van der Waals surface area contributed by atoms with E-state index in [2.05, 4.69) is 23.3 Å². The first-order chi connectivity index (χ1) is 10.2. The highest BCUT2D eigenvalue weighted by Crippen LogP contribution is 2.22. The molecule has 0 unspecified atom stereocenters. The summed E-state index contributed by atoms with van der Waals surface area (Å²) in [5, 5.41) is 4.04. The van der Waals surface area contributed by atoms with Gasteiger partial charge in [0.2, 0.25) is 5.91 Å². The van der Waals surface area contributed by atoms with Crippen LogP contribution < -0.4 is 5.73 Å². The van der Waals surface area contributed by atoms with Crippen molar-refractivity contribution in [1.82, 2.24) is 14.7 Å². The van der Waals surface area contributed by atoms with Crippen LogP contribution in [0, 0.1) is 0 Å². The lowest BCUT2D eigenvalue weighted by atomic mass is 9.99. The van der Waals surface area contributed by atoms with E-state index < -0.39 is 0 Å². The highest BCUT2D eigenvalue weighted by Gasteiger charge is 2.18. The molecule has 0 radical (unpaired) electrons. The zero-order chi connectivity index (χ0) is 14.7. The quantitative estimate of drug-likeness (QED) is 0.933. The van der Waals surface area contributed by atoms with Gasteiger partial charge < -0.3 is 10.6 Å². The molecule has 1 aromatic carbocycles. The molecular formula is C16H18N4O. The van der Waals surface area contributed by atoms with Crippen LogP contribution in [0.3, 0.4) is 0 Å². The number of benzene rings is 1. The minimum absolute atomic E-state index is 0.0708. The van der Waals surface area contributed by atoms with Gasteiger partial charge in [0.25, 0.3) is 0 Å². The second-order valence-electron chi connectivity index (χ2n) is 5.16. The molecule has 1 aromatic heterocycles. The van der Waals surface area contributed by atoms with Crippen LogP contribution in [0.2, 0.25) is 0 Å². The van der Waals surface area contributed by atoms with Gasteiger partial charge in [-0.05, 0) is 17.6 Å². The van der Waals surface area contributed by atoms with Crippen molar-refractivity contribution in [3.05, 3.63) is 54.4 Å². The molecule has 2 N–H and O–H groups in total. The van der Waals surface area contributed by atoms with Crippen LogP contribution in [0.25, 0.3) is 5.57 Å². The monoisotopic (exact) mass is 282 g/mol. The Bertz CT molecular complexity index is 660. The molecule has 0 bridgehead atoms. The number of hydrogen-bond donors (Lipinski definition) is 1. The predicted molar refractivity (Wildman–Crippen MR) is 82.3 cm³/mol. The molecule has 0 saturated carbocycles. The topological polar surface area (TPSA) is 64.1 Å². The van der Waals surface area contributed by atoms with Crippen molar-refractivity contribution in [1.29, 1.82) is 0 Å². The van der Waals surface area contributed by atoms with Gasteiger partial charge >= 0.3 is 0 Å². The van der Waals surface area contributed by atoms with Crippen LogP contribution in [0.5, 0.6) is 0 Å². The molecule has 0 spiro atoms. The van der Waals surface area contributed by atoms with E-state index in [1.54, 1.807) is 17.1 Å². The Morgan fingerprint density at radius 2 is 2.10 bits per heavy atom. The summed E-state index contributed by atoms with van der Waals surface area (Å²) in [6.45, 7) is 1.64. The van der Waals surface area contributed by atoms with Crippen molar-refractivity contribution < 1.29 is 4.79 Å². The lowest BCUT2D eigenvalue weighted by Crippen LogP contribution is -2.37. The average molecular weight is 282 g/mol. The molecule has 2 aromatic rings. The number of carbonyl (C=O) groups excluding carboxylic acids is 1. The number of nitrogens with zero attached hydrogens (tertiary/aromatic N) is 3. The molecule has 108 valence electrons. The summed E-state index contributed by atoms with van der Waals surface area (Å²) in [5.74, 6) is 0.0708. The van der Waals surface area contributed by atoms with Crippen molar-refractivity contribution >= 4 is 17.2 Å². The number of anilines is 1. The summed E-state index contributed by atoms with van der Waals surface area (Å²) in [4.78, 5) is 14.1. The second kappa shape index (κ2) is 5.83. The third-order valence-electron chi connectivity index (χ3n) is 3.66. The lowest BCUT2D eigenvalue weighted by Gasteiger charge is -2.26. The third kappa shape index (κ3) is 3.13. The Morgan fingerprint density at radius 1 is 1.29 bits per heavy atom. The van der Waals surface area contributed by atoms with E-state index in [1.807, 2.05) is 23.1 Å². The van der Waals surface area contributed by atoms with Crippen LogP contribution in [-0.2, 0) is 11.3 Å². The van der Waals surface area contributed by atoms with Crippen molar-refractivity contribution in [2.75, 3.05) is 18.8 Å². The molecule has 1 aliphatic heterocycles. The summed E-state index contributed by atoms with van der Waals surface area (Å²) >= 11 is 0. The summed E-state index contributed by atoms with van der Waals surface area (Å²) < 4.78 is 1.58. The van der Waals surface area contributed by atoms with Gasteiger partial charge in [0.05, 0.1) is 11.9 Å². The van der Waals surface area contributed by atoms with Gasteiger partial charge in [-0.25, -0.2) is 0 Å². The van der Waals surface area contributed by atoms with E-state index in [1.165, 1.54) is 11.1 Å². The molecule has 2 heterocycles. The van der Waals surface area contributed by atoms with Crippen molar-refractivity contribution in [2.45, 2.75) is 13.0 Å². The highest BCUT2D eigenvalue weighted by molar-refractivity contribution is 5.78. The molecule has 21 heavy (non-hydrogen) atoms. The Labute approximate surface area is 123 Å². The Kier molecular flexibility index (Phi) is 3.73. The number of rotatable bonds is 3. The minimum atomic E-state index is 0.0708. The van der Waals surface area contributed by atoms with E-state index in [0.29, 0.717) is 12.2 Å². The number of nitrogens with two attached hydrogens (primary N) is 1. The average Bonchev–Trinajstić information content (AvgIpc) is 2.93. The lowest BCUT2D eigenvalue weighted by molar-refractivity contribution is -0.131. The third-order valence-corrected chi connectivity index (χ3v) is 3.66. The van der Waals surface area contributed by atoms with Crippen molar-refractivity contribution in [2.24, 2.45) is 0 Å². The number of carbonyl (C=O) groups is 1. The minimum Gasteiger partial charge on any atom is -0.396 e. The summed E-state index contributed by atoms with van der Waals surface area (Å²) in [6.07, 6.45) is 6.25. The maximum atomic E-state index is 12.2. The summed E-state index contributed by atoms with van der Waals surface area (Å²) in [7, 11) is 0. The van der Waals surface area contributed by atoms with E-state index in [0.717, 1.165) is 13.0 Å². The molecule has 5 nitrogen and oxygen atoms in total. The van der Waals surface area contributed by atoms with Crippen LogP contribution in [-0.4, -0.2) is 33.7 Å². The number of aromatic nitrogens is 2. The Hall–Kier alpha value is -2.56. The first-order valence-corrected chi connectivity index (χ1v) is 7.02. The predicted octanol–water partition coefficient (Wildman–Crippen LogP) is 1.78. The zero-order valence-electron chi connectivity index (χ0n) is 11.8. The molecule has 1 amide bonds. The fourth-order valence-corrected chi connectivity index (χ4v) is 2.51. The van der Waals surface area contributed by atoms with Gasteiger partial charge in [-0.3, -0.25) is 9.48 Å². The van der Waals surface area contributed by atoms with Gasteiger partial charge in [0, 0.05) is 19.3 Å². The fraction of sp³-hybridized carbons (Fsp3) is 0.250. The van der Waals surface area contributed by atoms with Crippen LogP contribution in [0.1, 0.15) is 12.0 Å². The maximum Gasteiger partial charge on any atom is 0.244 e. The molecule has 0 aliphatic carbocycles. The van der Waals surface area contributed by atoms with Gasteiger partial charge in [0.15, 0.2) is 0 Å². The van der Waals surface area contributed by atoms with E-state index in [9.17, 15) is 4.79 Å². The highest BCUT2D eigenvalue weighted by atomic mass is 16.2. The van der Waals surface area contributed by atoms with E-state index in [4.69, 9.17) is 5.73 Å². The molecule has 1 aliphatic rings. The fourth-order valence-electron chi connectivity index (χ4n) is 2.51. The molecule has 0 fully saturated rings. The number of hydrogen-bond acceptors (Lipinski definition) is 3. The Balaban J connectivity index is 1.62. The van der Waals surface area contributed by atoms with Gasteiger partial charge in [-0.15, -0.1) is 0 Å². The molecule has 0 saturated heterocycles. The smallest absolute Gasteiger partial charge is 0.244 e. The van der Waals surface area contributed by atoms with Crippen LogP contribution >= 0.6 is 0 Å². The van der Waals surface area contributed by atoms with Gasteiger partial charge in [-0.2, -0.15) is 5.10 Å². The van der Waals surface area contributed by atoms with Gasteiger partial charge in [0.1, 0.15) is 6.54 Å².